The van der Waals surface area contributed by atoms with Crippen molar-refractivity contribution in [3.8, 4) is 11.1 Å². The molecule has 0 aromatic carbocycles. The fourth-order valence-electron chi connectivity index (χ4n) is 1.94. The summed E-state index contributed by atoms with van der Waals surface area (Å²) in [7, 11) is 0. The molecule has 20 heavy (non-hydrogen) atoms. The second-order valence-electron chi connectivity index (χ2n) is 4.28. The van der Waals surface area contributed by atoms with Crippen molar-refractivity contribution in [1.29, 1.82) is 0 Å². The second-order valence-corrected chi connectivity index (χ2v) is 4.28. The lowest BCUT2D eigenvalue weighted by Gasteiger charge is -2.04. The third-order valence-electron chi connectivity index (χ3n) is 3.04. The van der Waals surface area contributed by atoms with Gasteiger partial charge >= 0.3 is 16.9 Å². The van der Waals surface area contributed by atoms with Crippen LogP contribution in [0.1, 0.15) is 12.6 Å². The molecule has 0 amide bonds. The van der Waals surface area contributed by atoms with Gasteiger partial charge in [-0.25, -0.2) is 4.79 Å². The standard InChI is InChI=1S/C7H9N3O4.C6H4/c1-3-9-4(2)5(10(13)14)6(11)8-7(9)12;1-2-5-4-6(5)3-1/h3H2,1-2H3,(H,8,11,12);1-4H. The summed E-state index contributed by atoms with van der Waals surface area (Å²) in [6.45, 7) is 3.32. The number of nitro groups is 1. The molecule has 0 spiro atoms. The van der Waals surface area contributed by atoms with Crippen molar-refractivity contribution < 1.29 is 4.92 Å². The van der Waals surface area contributed by atoms with Crippen LogP contribution < -0.4 is 11.2 Å². The van der Waals surface area contributed by atoms with E-state index in [0.29, 0.717) is 0 Å². The van der Waals surface area contributed by atoms with Crippen LogP contribution in [0.3, 0.4) is 0 Å². The summed E-state index contributed by atoms with van der Waals surface area (Å²) in [6.07, 6.45) is 0. The van der Waals surface area contributed by atoms with Gasteiger partial charge < -0.3 is 0 Å². The average molecular weight is 275 g/mol. The third kappa shape index (κ3) is 2.51. The molecule has 3 rings (SSSR count). The molecule has 1 aromatic rings. The summed E-state index contributed by atoms with van der Waals surface area (Å²) < 4.78 is 1.14. The van der Waals surface area contributed by atoms with Gasteiger partial charge in [0.25, 0.3) is 0 Å². The first-order chi connectivity index (χ1) is 9.45. The number of hydrogen-bond acceptors (Lipinski definition) is 4. The van der Waals surface area contributed by atoms with Gasteiger partial charge in [-0.05, 0) is 31.0 Å². The van der Waals surface area contributed by atoms with Crippen molar-refractivity contribution in [3.05, 3.63) is 60.9 Å². The number of benzene rings is 1. The van der Waals surface area contributed by atoms with E-state index in [9.17, 15) is 19.7 Å². The van der Waals surface area contributed by atoms with Gasteiger partial charge in [-0.2, -0.15) is 0 Å². The molecular weight excluding hydrogens is 262 g/mol. The molecule has 0 saturated heterocycles. The zero-order valence-electron chi connectivity index (χ0n) is 11.0. The SMILES string of the molecule is CCn1c(C)c([N+](=O)[O-])c(=O)[nH]c1=O.c1cc2cc-2c1. The smallest absolute Gasteiger partial charge is 0.292 e. The topological polar surface area (TPSA) is 98.0 Å². The summed E-state index contributed by atoms with van der Waals surface area (Å²) in [4.78, 5) is 33.8. The molecule has 1 aromatic heterocycles. The molecule has 0 aliphatic heterocycles. The molecular formula is C13H13N3O4. The maximum Gasteiger partial charge on any atom is 0.353 e. The molecule has 2 aliphatic carbocycles. The molecule has 0 radical (unpaired) electrons. The van der Waals surface area contributed by atoms with Crippen LogP contribution in [0.2, 0.25) is 0 Å². The van der Waals surface area contributed by atoms with Crippen molar-refractivity contribution >= 4 is 5.69 Å². The summed E-state index contributed by atoms with van der Waals surface area (Å²) in [5.41, 5.74) is 0.769. The minimum atomic E-state index is -0.956. The van der Waals surface area contributed by atoms with Crippen molar-refractivity contribution in [1.82, 2.24) is 9.55 Å². The number of rotatable bonds is 2. The minimum absolute atomic E-state index is 0.0752. The molecule has 0 fully saturated rings. The second kappa shape index (κ2) is 5.12. The van der Waals surface area contributed by atoms with Gasteiger partial charge in [-0.3, -0.25) is 24.5 Å². The maximum atomic E-state index is 11.2. The van der Waals surface area contributed by atoms with E-state index in [1.165, 1.54) is 18.1 Å². The van der Waals surface area contributed by atoms with E-state index in [4.69, 9.17) is 0 Å². The monoisotopic (exact) mass is 275 g/mol. The Morgan fingerprint density at radius 2 is 1.90 bits per heavy atom. The lowest BCUT2D eigenvalue weighted by molar-refractivity contribution is -0.387. The molecule has 1 N–H and O–H groups in total. The van der Waals surface area contributed by atoms with Gasteiger partial charge in [-0.1, -0.05) is 18.2 Å². The van der Waals surface area contributed by atoms with E-state index in [1.807, 2.05) is 4.98 Å². The van der Waals surface area contributed by atoms with E-state index in [0.717, 1.165) is 4.57 Å². The highest BCUT2D eigenvalue weighted by molar-refractivity contribution is 5.80. The lowest BCUT2D eigenvalue weighted by Crippen LogP contribution is -2.32. The number of hydrogen-bond donors (Lipinski definition) is 1. The fraction of sp³-hybridized carbons (Fsp3) is 0.231. The van der Waals surface area contributed by atoms with Crippen LogP contribution >= 0.6 is 0 Å². The first kappa shape index (κ1) is 13.7. The Hall–Kier alpha value is -2.70. The third-order valence-corrected chi connectivity index (χ3v) is 3.04. The van der Waals surface area contributed by atoms with E-state index in [2.05, 4.69) is 24.3 Å². The summed E-state index contributed by atoms with van der Waals surface area (Å²) in [5, 5.41) is 10.5. The highest BCUT2D eigenvalue weighted by Gasteiger charge is 2.20. The molecule has 0 unspecified atom stereocenters. The lowest BCUT2D eigenvalue weighted by atomic mass is 10.3. The number of nitrogens with one attached hydrogen (secondary N) is 1. The molecule has 2 aliphatic rings. The predicted octanol–water partition coefficient (Wildman–Crippen LogP) is 1.44. The summed E-state index contributed by atoms with van der Waals surface area (Å²) in [6, 6.07) is 8.48. The van der Waals surface area contributed by atoms with Crippen LogP contribution in [0.4, 0.5) is 5.69 Å². The van der Waals surface area contributed by atoms with E-state index >= 15 is 0 Å². The molecule has 1 heterocycles. The fourth-order valence-corrected chi connectivity index (χ4v) is 1.94. The Bertz CT molecular complexity index is 772. The first-order valence-electron chi connectivity index (χ1n) is 6.04. The predicted molar refractivity (Wildman–Crippen MR) is 73.8 cm³/mol. The minimum Gasteiger partial charge on any atom is -0.292 e. The van der Waals surface area contributed by atoms with Gasteiger partial charge in [0.05, 0.1) is 4.92 Å². The van der Waals surface area contributed by atoms with Crippen molar-refractivity contribution in [2.75, 3.05) is 0 Å². The Morgan fingerprint density at radius 3 is 2.25 bits per heavy atom. The van der Waals surface area contributed by atoms with Crippen LogP contribution in [0.25, 0.3) is 11.1 Å². The average Bonchev–Trinajstić information content (AvgIpc) is 2.96. The number of H-pyrrole nitrogens is 1. The van der Waals surface area contributed by atoms with E-state index in [1.54, 1.807) is 6.92 Å². The quantitative estimate of drug-likeness (QED) is 0.565. The highest BCUT2D eigenvalue weighted by atomic mass is 16.6. The number of aromatic amines is 1. The molecule has 0 atom stereocenters. The van der Waals surface area contributed by atoms with Gasteiger partial charge in [0.2, 0.25) is 0 Å². The van der Waals surface area contributed by atoms with Gasteiger partial charge in [-0.15, -0.1) is 0 Å². The summed E-state index contributed by atoms with van der Waals surface area (Å²) >= 11 is 0. The summed E-state index contributed by atoms with van der Waals surface area (Å²) in [5.74, 6) is 0. The molecule has 0 saturated carbocycles. The zero-order valence-corrected chi connectivity index (χ0v) is 11.0. The Morgan fingerprint density at radius 1 is 1.30 bits per heavy atom. The Labute approximate surface area is 113 Å². The molecule has 7 nitrogen and oxygen atoms in total. The van der Waals surface area contributed by atoms with E-state index < -0.39 is 21.9 Å². The normalized spacial score (nSPS) is 10.5. The van der Waals surface area contributed by atoms with Gasteiger partial charge in [0.1, 0.15) is 5.69 Å². The van der Waals surface area contributed by atoms with Crippen LogP contribution in [0.5, 0.6) is 0 Å². The van der Waals surface area contributed by atoms with Crippen LogP contribution in [-0.2, 0) is 6.54 Å². The van der Waals surface area contributed by atoms with Crippen LogP contribution in [-0.4, -0.2) is 14.5 Å². The molecule has 104 valence electrons. The number of aromatic nitrogens is 2. The van der Waals surface area contributed by atoms with Gasteiger partial charge in [0, 0.05) is 6.54 Å². The highest BCUT2D eigenvalue weighted by Crippen LogP contribution is 2.32. The van der Waals surface area contributed by atoms with Crippen molar-refractivity contribution in [2.24, 2.45) is 0 Å². The van der Waals surface area contributed by atoms with Crippen LogP contribution in [0.15, 0.2) is 33.9 Å². The molecule has 7 heteroatoms. The molecule has 0 bridgehead atoms. The Kier molecular flexibility index (Phi) is 3.51. The Balaban J connectivity index is 0.000000198. The maximum absolute atomic E-state index is 11.2. The van der Waals surface area contributed by atoms with Crippen molar-refractivity contribution in [3.63, 3.8) is 0 Å². The first-order valence-corrected chi connectivity index (χ1v) is 6.04. The van der Waals surface area contributed by atoms with Gasteiger partial charge in [0.15, 0.2) is 0 Å². The number of nitrogens with zero attached hydrogens (tertiary/aromatic N) is 2. The largest absolute Gasteiger partial charge is 0.353 e. The zero-order chi connectivity index (χ0) is 14.9. The van der Waals surface area contributed by atoms with Crippen LogP contribution in [0, 0.1) is 17.0 Å². The van der Waals surface area contributed by atoms with E-state index in [-0.39, 0.29) is 12.2 Å². The number of fused-ring (bicyclic) bond motifs is 1. The van der Waals surface area contributed by atoms with Crippen molar-refractivity contribution in [2.45, 2.75) is 20.4 Å².